The third-order valence-corrected chi connectivity index (χ3v) is 1.58. The number of hydrogen-bond donors (Lipinski definition) is 1. The molecule has 1 amide bonds. The zero-order valence-electron chi connectivity index (χ0n) is 7.36. The normalized spacial score (nSPS) is 9.64. The Morgan fingerprint density at radius 3 is 2.64 bits per heavy atom. The molecule has 0 atom stereocenters. The fourth-order valence-electron chi connectivity index (χ4n) is 0.868. The highest BCUT2D eigenvalue weighted by atomic mass is 16.1. The Hall–Kier alpha value is -0.530. The Morgan fingerprint density at radius 1 is 1.36 bits per heavy atom. The number of rotatable bonds is 6. The predicted molar refractivity (Wildman–Crippen MR) is 47.1 cm³/mol. The largest absolute Gasteiger partial charge is 0.356 e. The van der Waals surface area contributed by atoms with Gasteiger partial charge in [-0.15, -0.1) is 0 Å². The van der Waals surface area contributed by atoms with E-state index >= 15 is 0 Å². The highest BCUT2D eigenvalue weighted by molar-refractivity contribution is 5.76. The van der Waals surface area contributed by atoms with E-state index in [1.165, 1.54) is 19.3 Å². The van der Waals surface area contributed by atoms with E-state index in [1.807, 2.05) is 0 Å². The van der Waals surface area contributed by atoms with Gasteiger partial charge in [0.15, 0.2) is 0 Å². The molecule has 0 heterocycles. The van der Waals surface area contributed by atoms with Crippen LogP contribution in [-0.2, 0) is 4.79 Å². The smallest absolute Gasteiger partial charge is 0.219 e. The fourth-order valence-corrected chi connectivity index (χ4v) is 0.868. The Kier molecular flexibility index (Phi) is 7.21. The number of carbonyl (C=O) groups is 1. The zero-order valence-corrected chi connectivity index (χ0v) is 7.36. The maximum absolute atomic E-state index is 10.7. The van der Waals surface area contributed by atoms with Gasteiger partial charge in [0.05, 0.1) is 0 Å². The molecule has 0 aliphatic rings. The summed E-state index contributed by atoms with van der Waals surface area (Å²) in [4.78, 5) is 10.7. The summed E-state index contributed by atoms with van der Waals surface area (Å²) in [6, 6.07) is 0. The van der Waals surface area contributed by atoms with Crippen molar-refractivity contribution in [2.45, 2.75) is 39.0 Å². The summed E-state index contributed by atoms with van der Waals surface area (Å²) in [6.45, 7) is 6.48. The fraction of sp³-hybridized carbons (Fsp3) is 0.778. The lowest BCUT2D eigenvalue weighted by molar-refractivity contribution is -0.120. The van der Waals surface area contributed by atoms with Crippen molar-refractivity contribution in [3.05, 3.63) is 6.92 Å². The van der Waals surface area contributed by atoms with Gasteiger partial charge in [-0.1, -0.05) is 26.2 Å². The molecule has 0 aliphatic heterocycles. The van der Waals surface area contributed by atoms with E-state index in [4.69, 9.17) is 0 Å². The molecule has 11 heavy (non-hydrogen) atoms. The number of nitrogens with one attached hydrogen (secondary N) is 1. The summed E-state index contributed by atoms with van der Waals surface area (Å²) in [5, 5.41) is 2.79. The molecule has 2 nitrogen and oxygen atoms in total. The summed E-state index contributed by atoms with van der Waals surface area (Å²) < 4.78 is 0. The van der Waals surface area contributed by atoms with Gasteiger partial charge >= 0.3 is 0 Å². The topological polar surface area (TPSA) is 29.1 Å². The molecule has 2 heteroatoms. The molecule has 65 valence electrons. The first-order valence-corrected chi connectivity index (χ1v) is 4.37. The molecule has 0 aromatic heterocycles. The number of amides is 1. The highest BCUT2D eigenvalue weighted by Gasteiger charge is 1.93. The monoisotopic (exact) mass is 156 g/mol. The SMILES string of the molecule is [CH2]CC(=O)NCCCCCC. The van der Waals surface area contributed by atoms with Crippen LogP contribution in [0.4, 0.5) is 0 Å². The number of unbranched alkanes of at least 4 members (excludes halogenated alkanes) is 3. The summed E-state index contributed by atoms with van der Waals surface area (Å²) in [6.07, 6.45) is 5.17. The minimum atomic E-state index is 0.0569. The van der Waals surface area contributed by atoms with Gasteiger partial charge in [-0.2, -0.15) is 0 Å². The van der Waals surface area contributed by atoms with E-state index in [0.29, 0.717) is 6.42 Å². The molecular weight excluding hydrogens is 138 g/mol. The second-order valence-corrected chi connectivity index (χ2v) is 2.66. The minimum Gasteiger partial charge on any atom is -0.356 e. The molecule has 0 unspecified atom stereocenters. The second-order valence-electron chi connectivity index (χ2n) is 2.66. The quantitative estimate of drug-likeness (QED) is 0.585. The summed E-state index contributed by atoms with van der Waals surface area (Å²) in [7, 11) is 0. The van der Waals surface area contributed by atoms with Crippen LogP contribution in [0.25, 0.3) is 0 Å². The number of hydrogen-bond acceptors (Lipinski definition) is 1. The van der Waals surface area contributed by atoms with Crippen LogP contribution >= 0.6 is 0 Å². The van der Waals surface area contributed by atoms with E-state index in [2.05, 4.69) is 19.2 Å². The van der Waals surface area contributed by atoms with Gasteiger partial charge in [0, 0.05) is 13.0 Å². The van der Waals surface area contributed by atoms with E-state index in [1.54, 1.807) is 0 Å². The van der Waals surface area contributed by atoms with Crippen molar-refractivity contribution in [1.82, 2.24) is 5.32 Å². The summed E-state index contributed by atoms with van der Waals surface area (Å²) in [5.41, 5.74) is 0. The van der Waals surface area contributed by atoms with Crippen LogP contribution in [0.1, 0.15) is 39.0 Å². The van der Waals surface area contributed by atoms with Crippen molar-refractivity contribution in [1.29, 1.82) is 0 Å². The maximum atomic E-state index is 10.7. The first-order valence-electron chi connectivity index (χ1n) is 4.37. The van der Waals surface area contributed by atoms with Gasteiger partial charge < -0.3 is 5.32 Å². The highest BCUT2D eigenvalue weighted by Crippen LogP contribution is 1.96. The standard InChI is InChI=1S/C9H18NO/c1-3-5-6-7-8-10-9(11)4-2/h2-8H2,1H3,(H,10,11). The molecule has 0 bridgehead atoms. The van der Waals surface area contributed by atoms with Gasteiger partial charge in [-0.05, 0) is 13.3 Å². The lowest BCUT2D eigenvalue weighted by Gasteiger charge is -2.01. The van der Waals surface area contributed by atoms with Crippen LogP contribution in [0.5, 0.6) is 0 Å². The van der Waals surface area contributed by atoms with Crippen molar-refractivity contribution < 1.29 is 4.79 Å². The molecule has 0 aromatic carbocycles. The second kappa shape index (κ2) is 7.58. The molecule has 0 rings (SSSR count). The van der Waals surface area contributed by atoms with Crippen LogP contribution in [-0.4, -0.2) is 12.5 Å². The maximum Gasteiger partial charge on any atom is 0.219 e. The van der Waals surface area contributed by atoms with Gasteiger partial charge in [-0.25, -0.2) is 0 Å². The van der Waals surface area contributed by atoms with Crippen LogP contribution in [0.2, 0.25) is 0 Å². The molecule has 0 fully saturated rings. The van der Waals surface area contributed by atoms with E-state index in [0.717, 1.165) is 13.0 Å². The molecular formula is C9H18NO. The molecule has 0 aromatic rings. The molecule has 0 saturated carbocycles. The van der Waals surface area contributed by atoms with Crippen LogP contribution in [0.15, 0.2) is 0 Å². The van der Waals surface area contributed by atoms with Crippen molar-refractivity contribution in [2.75, 3.05) is 6.54 Å². The minimum absolute atomic E-state index is 0.0569. The molecule has 1 N–H and O–H groups in total. The van der Waals surface area contributed by atoms with Crippen molar-refractivity contribution in [2.24, 2.45) is 0 Å². The average molecular weight is 156 g/mol. The van der Waals surface area contributed by atoms with Crippen LogP contribution in [0, 0.1) is 6.92 Å². The van der Waals surface area contributed by atoms with Crippen molar-refractivity contribution in [3.63, 3.8) is 0 Å². The van der Waals surface area contributed by atoms with Gasteiger partial charge in [0.1, 0.15) is 0 Å². The third-order valence-electron chi connectivity index (χ3n) is 1.58. The van der Waals surface area contributed by atoms with E-state index in [-0.39, 0.29) is 5.91 Å². The van der Waals surface area contributed by atoms with Crippen LogP contribution in [0.3, 0.4) is 0 Å². The van der Waals surface area contributed by atoms with Gasteiger partial charge in [0.25, 0.3) is 0 Å². The molecule has 0 spiro atoms. The first kappa shape index (κ1) is 10.5. The van der Waals surface area contributed by atoms with E-state index < -0.39 is 0 Å². The Morgan fingerprint density at radius 2 is 2.09 bits per heavy atom. The third kappa shape index (κ3) is 7.37. The molecule has 1 radical (unpaired) electrons. The molecule has 0 saturated heterocycles. The van der Waals surface area contributed by atoms with Gasteiger partial charge in [-0.3, -0.25) is 4.79 Å². The van der Waals surface area contributed by atoms with Crippen molar-refractivity contribution in [3.8, 4) is 0 Å². The summed E-state index contributed by atoms with van der Waals surface area (Å²) >= 11 is 0. The Labute approximate surface area is 69.4 Å². The number of carbonyl (C=O) groups excluding carboxylic acids is 1. The van der Waals surface area contributed by atoms with Crippen molar-refractivity contribution >= 4 is 5.91 Å². The zero-order chi connectivity index (χ0) is 8.53. The predicted octanol–water partition coefficient (Wildman–Crippen LogP) is 1.91. The molecule has 0 aliphatic carbocycles. The lowest BCUT2D eigenvalue weighted by Crippen LogP contribution is -2.23. The average Bonchev–Trinajstić information content (AvgIpc) is 2.04. The summed E-state index contributed by atoms with van der Waals surface area (Å²) in [5.74, 6) is 0.0569. The Balaban J connectivity index is 2.95. The van der Waals surface area contributed by atoms with Crippen LogP contribution < -0.4 is 5.32 Å². The first-order chi connectivity index (χ1) is 5.31. The lowest BCUT2D eigenvalue weighted by atomic mass is 10.2. The van der Waals surface area contributed by atoms with E-state index in [9.17, 15) is 4.79 Å². The van der Waals surface area contributed by atoms with Gasteiger partial charge in [0.2, 0.25) is 5.91 Å². The Bertz CT molecular complexity index is 102.